The first-order valence-corrected chi connectivity index (χ1v) is 9.35. The lowest BCUT2D eigenvalue weighted by atomic mass is 10.2. The van der Waals surface area contributed by atoms with Gasteiger partial charge in [0.05, 0.1) is 17.1 Å². The summed E-state index contributed by atoms with van der Waals surface area (Å²) in [6.07, 6.45) is 6.86. The molecule has 0 bridgehead atoms. The maximum Gasteiger partial charge on any atom is 0.139 e. The Hall–Kier alpha value is -2.98. The van der Waals surface area contributed by atoms with Crippen molar-refractivity contribution in [3.8, 4) is 5.69 Å². The second kappa shape index (κ2) is 7.33. The third-order valence-electron chi connectivity index (χ3n) is 4.63. The van der Waals surface area contributed by atoms with Crippen LogP contribution < -0.4 is 5.32 Å². The Morgan fingerprint density at radius 3 is 2.56 bits per heavy atom. The molecule has 0 atom stereocenters. The molecule has 0 aliphatic heterocycles. The topological polar surface area (TPSA) is 34.3 Å². The van der Waals surface area contributed by atoms with Crippen LogP contribution in [-0.2, 0) is 13.0 Å². The van der Waals surface area contributed by atoms with Gasteiger partial charge in [-0.3, -0.25) is 4.40 Å². The van der Waals surface area contributed by atoms with Crippen LogP contribution >= 0.6 is 11.6 Å². The Morgan fingerprint density at radius 2 is 1.85 bits per heavy atom. The van der Waals surface area contributed by atoms with E-state index in [1.54, 1.807) is 0 Å². The second-order valence-corrected chi connectivity index (χ2v) is 6.86. The average Bonchev–Trinajstić information content (AvgIpc) is 3.33. The Bertz CT molecular complexity index is 1080. The molecular weight excluding hydrogens is 356 g/mol. The molecule has 0 saturated heterocycles. The van der Waals surface area contributed by atoms with Gasteiger partial charge in [-0.1, -0.05) is 37.2 Å². The van der Waals surface area contributed by atoms with Crippen molar-refractivity contribution in [1.29, 1.82) is 0 Å². The number of rotatable bonds is 6. The number of hydrogen-bond acceptors (Lipinski definition) is 2. The first-order valence-electron chi connectivity index (χ1n) is 8.97. The largest absolute Gasteiger partial charge is 0.380 e. The van der Waals surface area contributed by atoms with E-state index in [-0.39, 0.29) is 0 Å². The minimum absolute atomic E-state index is 0.683. The number of aryl methyl sites for hydroxylation is 1. The highest BCUT2D eigenvalue weighted by Crippen LogP contribution is 2.22. The molecule has 4 aromatic rings. The first-order chi connectivity index (χ1) is 13.2. The zero-order chi connectivity index (χ0) is 18.8. The van der Waals surface area contributed by atoms with Crippen LogP contribution in [0.1, 0.15) is 23.9 Å². The fourth-order valence-electron chi connectivity index (χ4n) is 3.22. The number of imidazole rings is 1. The summed E-state index contributed by atoms with van der Waals surface area (Å²) in [4.78, 5) is 4.68. The SMILES string of the molecule is C=C(NCc1ccc(-n2cccc2)cc1)c1c(CC)nc2cc(Cl)ccn12. The molecule has 1 aromatic carbocycles. The van der Waals surface area contributed by atoms with Crippen LogP contribution in [0.2, 0.25) is 5.02 Å². The van der Waals surface area contributed by atoms with Crippen LogP contribution in [0.4, 0.5) is 0 Å². The third kappa shape index (κ3) is 3.49. The highest BCUT2D eigenvalue weighted by Gasteiger charge is 2.14. The van der Waals surface area contributed by atoms with E-state index in [9.17, 15) is 0 Å². The van der Waals surface area contributed by atoms with E-state index < -0.39 is 0 Å². The highest BCUT2D eigenvalue weighted by atomic mass is 35.5. The molecule has 0 fully saturated rings. The van der Waals surface area contributed by atoms with E-state index in [4.69, 9.17) is 11.6 Å². The number of aromatic nitrogens is 3. The molecule has 5 heteroatoms. The third-order valence-corrected chi connectivity index (χ3v) is 4.86. The Morgan fingerprint density at radius 1 is 1.11 bits per heavy atom. The molecule has 1 N–H and O–H groups in total. The number of pyridine rings is 1. The standard InChI is InChI=1S/C22H21ClN4/c1-3-20-22(27-13-10-18(23)14-21(27)25-20)16(2)24-15-17-6-8-19(9-7-17)26-11-4-5-12-26/h4-14,24H,2-3,15H2,1H3. The fourth-order valence-corrected chi connectivity index (χ4v) is 3.37. The fraction of sp³-hybridized carbons (Fsp3) is 0.136. The molecule has 4 nitrogen and oxygen atoms in total. The van der Waals surface area contributed by atoms with Crippen molar-refractivity contribution < 1.29 is 0 Å². The number of benzene rings is 1. The molecule has 4 rings (SSSR count). The minimum Gasteiger partial charge on any atom is -0.380 e. The van der Waals surface area contributed by atoms with Crippen molar-refractivity contribution in [1.82, 2.24) is 19.3 Å². The van der Waals surface area contributed by atoms with Crippen LogP contribution in [0.3, 0.4) is 0 Å². The molecule has 0 saturated carbocycles. The van der Waals surface area contributed by atoms with Gasteiger partial charge in [0.25, 0.3) is 0 Å². The van der Waals surface area contributed by atoms with E-state index in [0.717, 1.165) is 34.8 Å². The van der Waals surface area contributed by atoms with Crippen molar-refractivity contribution in [3.05, 3.63) is 95.7 Å². The van der Waals surface area contributed by atoms with Crippen molar-refractivity contribution in [3.63, 3.8) is 0 Å². The molecule has 3 heterocycles. The van der Waals surface area contributed by atoms with Crippen LogP contribution in [0.15, 0.2) is 73.7 Å². The summed E-state index contributed by atoms with van der Waals surface area (Å²) in [5.74, 6) is 0. The molecule has 0 unspecified atom stereocenters. The summed E-state index contributed by atoms with van der Waals surface area (Å²) < 4.78 is 4.13. The summed E-state index contributed by atoms with van der Waals surface area (Å²) in [6, 6.07) is 16.3. The number of nitrogens with one attached hydrogen (secondary N) is 1. The maximum absolute atomic E-state index is 6.10. The van der Waals surface area contributed by atoms with Gasteiger partial charge in [0.1, 0.15) is 5.65 Å². The molecular formula is C22H21ClN4. The summed E-state index contributed by atoms with van der Waals surface area (Å²) >= 11 is 6.10. The summed E-state index contributed by atoms with van der Waals surface area (Å²) in [5, 5.41) is 4.13. The smallest absolute Gasteiger partial charge is 0.139 e. The molecule has 0 spiro atoms. The summed E-state index contributed by atoms with van der Waals surface area (Å²) in [6.45, 7) is 7.04. The average molecular weight is 377 g/mol. The van der Waals surface area contributed by atoms with Crippen LogP contribution in [0.5, 0.6) is 0 Å². The Labute approximate surface area is 163 Å². The van der Waals surface area contributed by atoms with E-state index >= 15 is 0 Å². The predicted molar refractivity (Wildman–Crippen MR) is 111 cm³/mol. The van der Waals surface area contributed by atoms with Gasteiger partial charge < -0.3 is 9.88 Å². The highest BCUT2D eigenvalue weighted by molar-refractivity contribution is 6.30. The second-order valence-electron chi connectivity index (χ2n) is 6.42. The Balaban J connectivity index is 1.52. The van der Waals surface area contributed by atoms with Crippen molar-refractivity contribution >= 4 is 22.9 Å². The molecule has 0 aliphatic carbocycles. The van der Waals surface area contributed by atoms with E-state index in [0.29, 0.717) is 11.6 Å². The molecule has 27 heavy (non-hydrogen) atoms. The van der Waals surface area contributed by atoms with Gasteiger partial charge in [0.15, 0.2) is 0 Å². The normalized spacial score (nSPS) is 11.0. The number of hydrogen-bond donors (Lipinski definition) is 1. The van der Waals surface area contributed by atoms with E-state index in [1.165, 1.54) is 5.56 Å². The summed E-state index contributed by atoms with van der Waals surface area (Å²) in [5.41, 5.74) is 6.06. The number of nitrogens with zero attached hydrogens (tertiary/aromatic N) is 3. The van der Waals surface area contributed by atoms with Gasteiger partial charge in [0, 0.05) is 41.9 Å². The van der Waals surface area contributed by atoms with Gasteiger partial charge in [-0.25, -0.2) is 4.98 Å². The van der Waals surface area contributed by atoms with Crippen molar-refractivity contribution in [2.24, 2.45) is 0 Å². The minimum atomic E-state index is 0.683. The van der Waals surface area contributed by atoms with Gasteiger partial charge in [-0.05, 0) is 42.3 Å². The lowest BCUT2D eigenvalue weighted by Gasteiger charge is -2.12. The van der Waals surface area contributed by atoms with Crippen molar-refractivity contribution in [2.75, 3.05) is 0 Å². The van der Waals surface area contributed by atoms with Crippen LogP contribution in [0, 0.1) is 0 Å². The van der Waals surface area contributed by atoms with E-state index in [2.05, 4.69) is 52.6 Å². The van der Waals surface area contributed by atoms with E-state index in [1.807, 2.05) is 47.3 Å². The van der Waals surface area contributed by atoms with Gasteiger partial charge in [-0.15, -0.1) is 0 Å². The monoisotopic (exact) mass is 376 g/mol. The lowest BCUT2D eigenvalue weighted by molar-refractivity contribution is 0.875. The zero-order valence-electron chi connectivity index (χ0n) is 15.2. The number of fused-ring (bicyclic) bond motifs is 1. The van der Waals surface area contributed by atoms with Crippen LogP contribution in [-0.4, -0.2) is 14.0 Å². The zero-order valence-corrected chi connectivity index (χ0v) is 15.9. The van der Waals surface area contributed by atoms with Crippen LogP contribution in [0.25, 0.3) is 17.0 Å². The maximum atomic E-state index is 6.10. The van der Waals surface area contributed by atoms with Crippen molar-refractivity contribution in [2.45, 2.75) is 19.9 Å². The van der Waals surface area contributed by atoms with Gasteiger partial charge in [0.2, 0.25) is 0 Å². The molecule has 136 valence electrons. The summed E-state index contributed by atoms with van der Waals surface area (Å²) in [7, 11) is 0. The molecule has 0 amide bonds. The predicted octanol–water partition coefficient (Wildman–Crippen LogP) is 5.10. The van der Waals surface area contributed by atoms with Gasteiger partial charge in [-0.2, -0.15) is 0 Å². The molecule has 0 aliphatic rings. The molecule has 3 aromatic heterocycles. The first kappa shape index (κ1) is 17.4. The lowest BCUT2D eigenvalue weighted by Crippen LogP contribution is -2.13. The molecule has 0 radical (unpaired) electrons. The quantitative estimate of drug-likeness (QED) is 0.508. The van der Waals surface area contributed by atoms with Gasteiger partial charge >= 0.3 is 0 Å². The number of halogens is 1. The Kier molecular flexibility index (Phi) is 4.73.